The Labute approximate surface area is 113 Å². The number of hydrogen-bond acceptors (Lipinski definition) is 3. The van der Waals surface area contributed by atoms with Crippen molar-refractivity contribution in [3.63, 3.8) is 0 Å². The van der Waals surface area contributed by atoms with E-state index in [9.17, 15) is 0 Å². The average Bonchev–Trinajstić information content (AvgIpc) is 2.88. The maximum Gasteiger partial charge on any atom is 0.201 e. The van der Waals surface area contributed by atoms with Gasteiger partial charge in [-0.3, -0.25) is 0 Å². The van der Waals surface area contributed by atoms with Gasteiger partial charge in [0.25, 0.3) is 0 Å². The van der Waals surface area contributed by atoms with Crippen molar-refractivity contribution in [3.8, 4) is 0 Å². The van der Waals surface area contributed by atoms with Crippen LogP contribution in [0.15, 0.2) is 18.2 Å². The zero-order chi connectivity index (χ0) is 11.8. The Morgan fingerprint density at radius 3 is 3.18 bits per heavy atom. The van der Waals surface area contributed by atoms with Gasteiger partial charge in [0.2, 0.25) is 5.95 Å². The van der Waals surface area contributed by atoms with E-state index in [1.165, 1.54) is 3.57 Å². The highest BCUT2D eigenvalue weighted by atomic mass is 127. The minimum Gasteiger partial charge on any atom is -0.376 e. The lowest BCUT2D eigenvalue weighted by Crippen LogP contribution is -2.16. The number of aromatic nitrogens is 2. The number of rotatable bonds is 2. The van der Waals surface area contributed by atoms with Crippen LogP contribution in [0, 0.1) is 3.57 Å². The second-order valence-corrected chi connectivity index (χ2v) is 5.59. The number of nitrogen functional groups attached to an aromatic ring is 1. The number of imidazole rings is 1. The normalized spacial score (nSPS) is 20.2. The van der Waals surface area contributed by atoms with E-state index >= 15 is 0 Å². The molecule has 1 atom stereocenters. The van der Waals surface area contributed by atoms with E-state index in [2.05, 4.69) is 50.3 Å². The highest BCUT2D eigenvalue weighted by molar-refractivity contribution is 14.1. The topological polar surface area (TPSA) is 53.1 Å². The van der Waals surface area contributed by atoms with E-state index in [-0.39, 0.29) is 6.10 Å². The third kappa shape index (κ3) is 2.13. The number of hydrogen-bond donors (Lipinski definition) is 1. The van der Waals surface area contributed by atoms with Gasteiger partial charge in [-0.15, -0.1) is 0 Å². The van der Waals surface area contributed by atoms with Gasteiger partial charge in [0.1, 0.15) is 0 Å². The zero-order valence-electron chi connectivity index (χ0n) is 9.40. The summed E-state index contributed by atoms with van der Waals surface area (Å²) in [6, 6.07) is 6.21. The number of fused-ring (bicyclic) bond motifs is 1. The molecule has 5 heteroatoms. The fraction of sp³-hybridized carbons (Fsp3) is 0.417. The second kappa shape index (κ2) is 4.45. The molecule has 0 amide bonds. The summed E-state index contributed by atoms with van der Waals surface area (Å²) in [4.78, 5) is 4.40. The number of ether oxygens (including phenoxy) is 1. The van der Waals surface area contributed by atoms with E-state index in [4.69, 9.17) is 10.5 Å². The summed E-state index contributed by atoms with van der Waals surface area (Å²) in [6.07, 6.45) is 2.55. The van der Waals surface area contributed by atoms with Crippen molar-refractivity contribution in [2.75, 3.05) is 12.3 Å². The van der Waals surface area contributed by atoms with Gasteiger partial charge in [-0.25, -0.2) is 4.98 Å². The molecule has 17 heavy (non-hydrogen) atoms. The molecule has 0 bridgehead atoms. The molecule has 0 spiro atoms. The SMILES string of the molecule is Nc1nc2cc(I)ccc2n1CC1CCCO1. The van der Waals surface area contributed by atoms with Gasteiger partial charge in [-0.05, 0) is 53.6 Å². The first-order chi connectivity index (χ1) is 8.24. The van der Waals surface area contributed by atoms with Gasteiger partial charge in [0.15, 0.2) is 0 Å². The van der Waals surface area contributed by atoms with E-state index < -0.39 is 0 Å². The van der Waals surface area contributed by atoms with Crippen molar-refractivity contribution in [1.82, 2.24) is 9.55 Å². The summed E-state index contributed by atoms with van der Waals surface area (Å²) in [5, 5.41) is 0. The average molecular weight is 343 g/mol. The Hall–Kier alpha value is -0.820. The first-order valence-electron chi connectivity index (χ1n) is 5.77. The molecule has 1 aliphatic rings. The molecule has 1 aromatic heterocycles. The monoisotopic (exact) mass is 343 g/mol. The molecule has 1 fully saturated rings. The molecular weight excluding hydrogens is 329 g/mol. The van der Waals surface area contributed by atoms with Gasteiger partial charge in [0.05, 0.1) is 23.7 Å². The first kappa shape index (κ1) is 11.3. The van der Waals surface area contributed by atoms with Crippen LogP contribution in [0.2, 0.25) is 0 Å². The summed E-state index contributed by atoms with van der Waals surface area (Å²) >= 11 is 2.28. The predicted molar refractivity (Wildman–Crippen MR) is 75.8 cm³/mol. The number of nitrogens with zero attached hydrogens (tertiary/aromatic N) is 2. The largest absolute Gasteiger partial charge is 0.376 e. The molecule has 1 aliphatic heterocycles. The molecule has 2 N–H and O–H groups in total. The van der Waals surface area contributed by atoms with Crippen LogP contribution in [-0.2, 0) is 11.3 Å². The molecule has 1 saturated heterocycles. The fourth-order valence-electron chi connectivity index (χ4n) is 2.31. The van der Waals surface area contributed by atoms with Gasteiger partial charge in [0, 0.05) is 10.2 Å². The molecule has 2 heterocycles. The van der Waals surface area contributed by atoms with E-state index in [0.717, 1.165) is 37.0 Å². The highest BCUT2D eigenvalue weighted by Crippen LogP contribution is 2.23. The predicted octanol–water partition coefficient (Wildman–Crippen LogP) is 2.40. The van der Waals surface area contributed by atoms with Crippen LogP contribution in [0.25, 0.3) is 11.0 Å². The van der Waals surface area contributed by atoms with Crippen molar-refractivity contribution in [3.05, 3.63) is 21.8 Å². The van der Waals surface area contributed by atoms with Crippen molar-refractivity contribution in [2.24, 2.45) is 0 Å². The smallest absolute Gasteiger partial charge is 0.201 e. The summed E-state index contributed by atoms with van der Waals surface area (Å²) in [6.45, 7) is 1.68. The lowest BCUT2D eigenvalue weighted by atomic mass is 10.2. The van der Waals surface area contributed by atoms with Gasteiger partial charge < -0.3 is 15.0 Å². The molecule has 90 valence electrons. The number of benzene rings is 1. The Bertz CT molecular complexity index is 546. The van der Waals surface area contributed by atoms with Crippen LogP contribution < -0.4 is 5.73 Å². The fourth-order valence-corrected chi connectivity index (χ4v) is 2.78. The van der Waals surface area contributed by atoms with Gasteiger partial charge >= 0.3 is 0 Å². The lowest BCUT2D eigenvalue weighted by molar-refractivity contribution is 0.0984. The third-order valence-corrected chi connectivity index (χ3v) is 3.82. The zero-order valence-corrected chi connectivity index (χ0v) is 11.6. The maximum atomic E-state index is 5.98. The molecule has 1 unspecified atom stereocenters. The molecular formula is C12H14IN3O. The molecule has 0 saturated carbocycles. The van der Waals surface area contributed by atoms with Gasteiger partial charge in [-0.1, -0.05) is 0 Å². The van der Waals surface area contributed by atoms with Crippen molar-refractivity contribution >= 4 is 39.6 Å². The summed E-state index contributed by atoms with van der Waals surface area (Å²) in [5.41, 5.74) is 8.04. The number of anilines is 1. The van der Waals surface area contributed by atoms with Crippen LogP contribution in [-0.4, -0.2) is 22.3 Å². The second-order valence-electron chi connectivity index (χ2n) is 4.35. The Kier molecular flexibility index (Phi) is 2.96. The highest BCUT2D eigenvalue weighted by Gasteiger charge is 2.18. The molecule has 4 nitrogen and oxygen atoms in total. The summed E-state index contributed by atoms with van der Waals surface area (Å²) in [5.74, 6) is 0.581. The minimum atomic E-state index is 0.286. The molecule has 3 rings (SSSR count). The Balaban J connectivity index is 1.99. The first-order valence-corrected chi connectivity index (χ1v) is 6.85. The van der Waals surface area contributed by atoms with Crippen molar-refractivity contribution in [1.29, 1.82) is 0 Å². The van der Waals surface area contributed by atoms with Crippen LogP contribution in [0.5, 0.6) is 0 Å². The standard InChI is InChI=1S/C12H14IN3O/c13-8-3-4-11-10(6-8)15-12(14)16(11)7-9-2-1-5-17-9/h3-4,6,9H,1-2,5,7H2,(H2,14,15). The Morgan fingerprint density at radius 1 is 1.53 bits per heavy atom. The van der Waals surface area contributed by atoms with Crippen LogP contribution in [0.3, 0.4) is 0 Å². The molecule has 2 aromatic rings. The molecule has 0 radical (unpaired) electrons. The minimum absolute atomic E-state index is 0.286. The van der Waals surface area contributed by atoms with E-state index in [1.807, 2.05) is 0 Å². The van der Waals surface area contributed by atoms with Crippen LogP contribution in [0.4, 0.5) is 5.95 Å². The van der Waals surface area contributed by atoms with Crippen molar-refractivity contribution < 1.29 is 4.74 Å². The van der Waals surface area contributed by atoms with Crippen LogP contribution in [0.1, 0.15) is 12.8 Å². The third-order valence-electron chi connectivity index (χ3n) is 3.15. The van der Waals surface area contributed by atoms with Crippen molar-refractivity contribution in [2.45, 2.75) is 25.5 Å². The van der Waals surface area contributed by atoms with Gasteiger partial charge in [-0.2, -0.15) is 0 Å². The number of nitrogens with two attached hydrogens (primary N) is 1. The van der Waals surface area contributed by atoms with Crippen LogP contribution >= 0.6 is 22.6 Å². The Morgan fingerprint density at radius 2 is 2.41 bits per heavy atom. The quantitative estimate of drug-likeness (QED) is 0.852. The lowest BCUT2D eigenvalue weighted by Gasteiger charge is -2.12. The maximum absolute atomic E-state index is 5.98. The van der Waals surface area contributed by atoms with E-state index in [0.29, 0.717) is 5.95 Å². The molecule has 0 aliphatic carbocycles. The number of halogens is 1. The summed E-state index contributed by atoms with van der Waals surface area (Å²) in [7, 11) is 0. The summed E-state index contributed by atoms with van der Waals surface area (Å²) < 4.78 is 8.88. The van der Waals surface area contributed by atoms with E-state index in [1.54, 1.807) is 0 Å². The molecule has 1 aromatic carbocycles.